The first-order valence-corrected chi connectivity index (χ1v) is 10.4. The van der Waals surface area contributed by atoms with E-state index in [1.807, 2.05) is 27.0 Å². The molecule has 0 spiro atoms. The molecule has 0 radical (unpaired) electrons. The van der Waals surface area contributed by atoms with Gasteiger partial charge in [0.05, 0.1) is 5.01 Å². The van der Waals surface area contributed by atoms with Crippen LogP contribution in [0, 0.1) is 6.92 Å². The molecule has 0 aromatic carbocycles. The monoisotopic (exact) mass is 395 g/mol. The molecule has 0 bridgehead atoms. The Morgan fingerprint density at radius 2 is 1.89 bits per heavy atom. The molecule has 0 unspecified atom stereocenters. The number of rotatable bonds is 5. The molecular formula is C19H33N5O2S. The molecule has 1 heterocycles. The number of ether oxygens (including phenoxy) is 1. The molecule has 1 amide bonds. The topological polar surface area (TPSA) is 87.6 Å². The number of nitrogens with zero attached hydrogens (tertiary/aromatic N) is 2. The summed E-state index contributed by atoms with van der Waals surface area (Å²) in [5.41, 5.74) is -0.460. The quantitative estimate of drug-likeness (QED) is 0.527. The zero-order chi connectivity index (χ0) is 19.9. The first-order chi connectivity index (χ1) is 12.7. The van der Waals surface area contributed by atoms with Gasteiger partial charge in [-0.2, -0.15) is 0 Å². The molecule has 1 aromatic rings. The lowest BCUT2D eigenvalue weighted by molar-refractivity contribution is 0.0490. The first-order valence-electron chi connectivity index (χ1n) is 9.63. The summed E-state index contributed by atoms with van der Waals surface area (Å²) in [4.78, 5) is 21.8. The van der Waals surface area contributed by atoms with Crippen LogP contribution in [0.15, 0.2) is 11.2 Å². The van der Waals surface area contributed by atoms with Crippen LogP contribution in [0.2, 0.25) is 0 Å². The van der Waals surface area contributed by atoms with Crippen molar-refractivity contribution in [3.05, 3.63) is 16.1 Å². The molecule has 1 fully saturated rings. The van der Waals surface area contributed by atoms with Crippen LogP contribution in [-0.4, -0.2) is 48.3 Å². The highest BCUT2D eigenvalue weighted by Crippen LogP contribution is 2.19. The second-order valence-electron chi connectivity index (χ2n) is 7.95. The average molecular weight is 396 g/mol. The van der Waals surface area contributed by atoms with Crippen molar-refractivity contribution in [3.8, 4) is 0 Å². The fourth-order valence-corrected chi connectivity index (χ4v) is 3.84. The summed E-state index contributed by atoms with van der Waals surface area (Å²) >= 11 is 1.73. The van der Waals surface area contributed by atoms with E-state index in [-0.39, 0.29) is 12.1 Å². The molecule has 27 heavy (non-hydrogen) atoms. The SMILES string of the molecule is CN=C(NCCc1ncc(C)s1)NC1CCC(NC(=O)OC(C)(C)C)CC1. The number of aliphatic imine (C=N–C) groups is 1. The van der Waals surface area contributed by atoms with E-state index in [0.29, 0.717) is 6.04 Å². The van der Waals surface area contributed by atoms with Gasteiger partial charge >= 0.3 is 6.09 Å². The first kappa shape index (κ1) is 21.5. The van der Waals surface area contributed by atoms with Crippen LogP contribution in [0.5, 0.6) is 0 Å². The summed E-state index contributed by atoms with van der Waals surface area (Å²) in [7, 11) is 1.79. The molecule has 152 valence electrons. The van der Waals surface area contributed by atoms with Crippen LogP contribution in [0.3, 0.4) is 0 Å². The van der Waals surface area contributed by atoms with Gasteiger partial charge in [-0.3, -0.25) is 4.99 Å². The Balaban J connectivity index is 1.66. The lowest BCUT2D eigenvalue weighted by atomic mass is 9.91. The molecule has 2 rings (SSSR count). The summed E-state index contributed by atoms with van der Waals surface area (Å²) in [5, 5.41) is 11.0. The number of hydrogen-bond donors (Lipinski definition) is 3. The van der Waals surface area contributed by atoms with E-state index in [9.17, 15) is 4.79 Å². The predicted molar refractivity (Wildman–Crippen MR) is 110 cm³/mol. The van der Waals surface area contributed by atoms with Crippen LogP contribution in [0.1, 0.15) is 56.3 Å². The summed E-state index contributed by atoms with van der Waals surface area (Å²) in [6.07, 6.45) is 6.34. The van der Waals surface area contributed by atoms with E-state index in [1.165, 1.54) is 4.88 Å². The molecule has 1 aliphatic rings. The molecule has 0 atom stereocenters. The lowest BCUT2D eigenvalue weighted by Gasteiger charge is -2.31. The molecule has 8 heteroatoms. The zero-order valence-electron chi connectivity index (χ0n) is 17.1. The Kier molecular flexibility index (Phi) is 7.89. The third-order valence-electron chi connectivity index (χ3n) is 4.31. The van der Waals surface area contributed by atoms with E-state index >= 15 is 0 Å². The number of amides is 1. The normalized spacial score (nSPS) is 20.9. The number of alkyl carbamates (subject to hydrolysis) is 1. The number of aryl methyl sites for hydroxylation is 1. The van der Waals surface area contributed by atoms with Gasteiger partial charge in [0.15, 0.2) is 5.96 Å². The van der Waals surface area contributed by atoms with Gasteiger partial charge in [-0.05, 0) is 53.4 Å². The van der Waals surface area contributed by atoms with Gasteiger partial charge in [-0.15, -0.1) is 11.3 Å². The number of thiazole rings is 1. The van der Waals surface area contributed by atoms with Crippen LogP contribution in [0.4, 0.5) is 4.79 Å². The number of carbonyl (C=O) groups excluding carboxylic acids is 1. The Morgan fingerprint density at radius 1 is 1.26 bits per heavy atom. The maximum Gasteiger partial charge on any atom is 0.407 e. The van der Waals surface area contributed by atoms with Crippen molar-refractivity contribution in [3.63, 3.8) is 0 Å². The standard InChI is InChI=1S/C19H33N5O2S/c1-13-12-22-16(27-13)10-11-21-17(20-5)23-14-6-8-15(9-7-14)24-18(25)26-19(2,3)4/h12,14-15H,6-11H2,1-5H3,(H,24,25)(H2,20,21,23). The third kappa shape index (κ3) is 8.15. The minimum Gasteiger partial charge on any atom is -0.444 e. The van der Waals surface area contributed by atoms with E-state index in [2.05, 4.69) is 32.9 Å². The number of nitrogens with one attached hydrogen (secondary N) is 3. The van der Waals surface area contributed by atoms with Crippen LogP contribution < -0.4 is 16.0 Å². The minimum absolute atomic E-state index is 0.181. The zero-order valence-corrected chi connectivity index (χ0v) is 17.9. The van der Waals surface area contributed by atoms with Gasteiger partial charge in [-0.1, -0.05) is 0 Å². The maximum atomic E-state index is 11.9. The molecule has 3 N–H and O–H groups in total. The Morgan fingerprint density at radius 3 is 2.41 bits per heavy atom. The van der Waals surface area contributed by atoms with Crippen molar-refractivity contribution in [2.45, 2.75) is 77.5 Å². The smallest absolute Gasteiger partial charge is 0.407 e. The van der Waals surface area contributed by atoms with Crippen LogP contribution >= 0.6 is 11.3 Å². The van der Waals surface area contributed by atoms with E-state index in [4.69, 9.17) is 4.74 Å². The van der Waals surface area contributed by atoms with Crippen LogP contribution in [-0.2, 0) is 11.2 Å². The van der Waals surface area contributed by atoms with Gasteiger partial charge in [0.25, 0.3) is 0 Å². The van der Waals surface area contributed by atoms with Crippen molar-refractivity contribution < 1.29 is 9.53 Å². The minimum atomic E-state index is -0.460. The van der Waals surface area contributed by atoms with E-state index < -0.39 is 5.60 Å². The summed E-state index contributed by atoms with van der Waals surface area (Å²) in [6.45, 7) is 8.51. The second kappa shape index (κ2) is 9.92. The number of guanidine groups is 1. The van der Waals surface area contributed by atoms with Crippen molar-refractivity contribution in [1.82, 2.24) is 20.9 Å². The molecule has 0 saturated heterocycles. The third-order valence-corrected chi connectivity index (χ3v) is 5.29. The lowest BCUT2D eigenvalue weighted by Crippen LogP contribution is -2.48. The summed E-state index contributed by atoms with van der Waals surface area (Å²) in [5.74, 6) is 0.826. The number of aromatic nitrogens is 1. The van der Waals surface area contributed by atoms with Crippen molar-refractivity contribution >= 4 is 23.4 Å². The van der Waals surface area contributed by atoms with E-state index in [1.54, 1.807) is 18.4 Å². The Labute approximate surface area is 166 Å². The van der Waals surface area contributed by atoms with Gasteiger partial charge in [0, 0.05) is 43.2 Å². The highest BCUT2D eigenvalue weighted by molar-refractivity contribution is 7.11. The van der Waals surface area contributed by atoms with E-state index in [0.717, 1.165) is 49.6 Å². The fraction of sp³-hybridized carbons (Fsp3) is 0.737. The molecule has 1 aromatic heterocycles. The molecule has 1 aliphatic carbocycles. The van der Waals surface area contributed by atoms with Gasteiger partial charge in [0.1, 0.15) is 5.60 Å². The fourth-order valence-electron chi connectivity index (χ4n) is 3.05. The Hall–Kier alpha value is -1.83. The highest BCUT2D eigenvalue weighted by atomic mass is 32.1. The van der Waals surface area contributed by atoms with Crippen molar-refractivity contribution in [2.75, 3.05) is 13.6 Å². The predicted octanol–water partition coefficient (Wildman–Crippen LogP) is 2.99. The van der Waals surface area contributed by atoms with Crippen molar-refractivity contribution in [2.24, 2.45) is 4.99 Å². The molecule has 1 saturated carbocycles. The molecule has 0 aliphatic heterocycles. The van der Waals surface area contributed by atoms with Crippen LogP contribution in [0.25, 0.3) is 0 Å². The molecule has 7 nitrogen and oxygen atoms in total. The second-order valence-corrected chi connectivity index (χ2v) is 9.27. The average Bonchev–Trinajstić information content (AvgIpc) is 2.99. The summed E-state index contributed by atoms with van der Waals surface area (Å²) < 4.78 is 5.33. The largest absolute Gasteiger partial charge is 0.444 e. The van der Waals surface area contributed by atoms with Crippen molar-refractivity contribution in [1.29, 1.82) is 0 Å². The molecular weight excluding hydrogens is 362 g/mol. The maximum absolute atomic E-state index is 11.9. The van der Waals surface area contributed by atoms with Gasteiger partial charge < -0.3 is 20.7 Å². The summed E-state index contributed by atoms with van der Waals surface area (Å²) in [6, 6.07) is 0.552. The number of hydrogen-bond acceptors (Lipinski definition) is 5. The number of carbonyl (C=O) groups is 1. The highest BCUT2D eigenvalue weighted by Gasteiger charge is 2.25. The van der Waals surface area contributed by atoms with Gasteiger partial charge in [0.2, 0.25) is 0 Å². The van der Waals surface area contributed by atoms with Gasteiger partial charge in [-0.25, -0.2) is 9.78 Å². The Bertz CT molecular complexity index is 630.